The molecule has 0 aliphatic rings. The number of carbonyl (C=O) groups is 1. The van der Waals surface area contributed by atoms with Gasteiger partial charge in [0, 0.05) is 4.47 Å². The van der Waals surface area contributed by atoms with Crippen LogP contribution in [0.5, 0.6) is 0 Å². The molecule has 1 rings (SSSR count). The normalized spacial score (nSPS) is 12.6. The molecule has 76 valence electrons. The number of carboxylic acid groups (broad SMARTS) is 1. The summed E-state index contributed by atoms with van der Waals surface area (Å²) in [7, 11) is 0. The van der Waals surface area contributed by atoms with Crippen molar-refractivity contribution in [1.82, 2.24) is 0 Å². The van der Waals surface area contributed by atoms with Crippen LogP contribution in [-0.2, 0) is 4.79 Å². The number of rotatable bonds is 2. The van der Waals surface area contributed by atoms with Crippen LogP contribution >= 0.6 is 15.9 Å². The van der Waals surface area contributed by atoms with Gasteiger partial charge in [-0.15, -0.1) is 0 Å². The smallest absolute Gasteiger partial charge is 0.325 e. The average molecular weight is 262 g/mol. The van der Waals surface area contributed by atoms with Crippen molar-refractivity contribution < 1.29 is 14.3 Å². The summed E-state index contributed by atoms with van der Waals surface area (Å²) >= 11 is 3.13. The van der Waals surface area contributed by atoms with E-state index in [0.717, 1.165) is 6.07 Å². The van der Waals surface area contributed by atoms with Crippen LogP contribution in [0.3, 0.4) is 0 Å². The van der Waals surface area contributed by atoms with E-state index < -0.39 is 17.8 Å². The highest BCUT2D eigenvalue weighted by Crippen LogP contribution is 2.23. The standard InChI is InChI=1S/C9H9BrFNO2/c1-4-6(10)2-5(3-7(4)11)8(12)9(13)14/h2-3,8H,12H2,1H3,(H,13,14). The molecule has 0 aliphatic carbocycles. The number of hydrogen-bond donors (Lipinski definition) is 2. The van der Waals surface area contributed by atoms with Gasteiger partial charge in [0.2, 0.25) is 0 Å². The topological polar surface area (TPSA) is 63.3 Å². The first kappa shape index (κ1) is 11.1. The van der Waals surface area contributed by atoms with E-state index in [9.17, 15) is 9.18 Å². The predicted molar refractivity (Wildman–Crippen MR) is 53.4 cm³/mol. The fraction of sp³-hybridized carbons (Fsp3) is 0.222. The maximum absolute atomic E-state index is 13.2. The molecule has 0 aromatic heterocycles. The third kappa shape index (κ3) is 2.10. The molecule has 0 amide bonds. The summed E-state index contributed by atoms with van der Waals surface area (Å²) in [6, 6.07) is 1.46. The Morgan fingerprint density at radius 2 is 2.21 bits per heavy atom. The van der Waals surface area contributed by atoms with Gasteiger partial charge in [-0.1, -0.05) is 15.9 Å². The lowest BCUT2D eigenvalue weighted by atomic mass is 10.1. The number of benzene rings is 1. The first-order valence-electron chi connectivity index (χ1n) is 3.87. The van der Waals surface area contributed by atoms with Gasteiger partial charge in [-0.05, 0) is 30.2 Å². The molecule has 0 fully saturated rings. The number of hydrogen-bond acceptors (Lipinski definition) is 2. The summed E-state index contributed by atoms with van der Waals surface area (Å²) in [5.41, 5.74) is 6.02. The van der Waals surface area contributed by atoms with Crippen LogP contribution in [0, 0.1) is 12.7 Å². The first-order valence-corrected chi connectivity index (χ1v) is 4.66. The van der Waals surface area contributed by atoms with Gasteiger partial charge in [-0.3, -0.25) is 4.79 Å². The van der Waals surface area contributed by atoms with Gasteiger partial charge in [0.15, 0.2) is 0 Å². The van der Waals surface area contributed by atoms with Gasteiger partial charge in [-0.25, -0.2) is 4.39 Å². The average Bonchev–Trinajstić information content (AvgIpc) is 2.12. The Morgan fingerprint density at radius 1 is 1.64 bits per heavy atom. The van der Waals surface area contributed by atoms with Crippen LogP contribution in [-0.4, -0.2) is 11.1 Å². The maximum Gasteiger partial charge on any atom is 0.325 e. The minimum Gasteiger partial charge on any atom is -0.480 e. The first-order chi connectivity index (χ1) is 6.43. The summed E-state index contributed by atoms with van der Waals surface area (Å²) < 4.78 is 13.7. The number of nitrogens with two attached hydrogens (primary N) is 1. The van der Waals surface area contributed by atoms with Crippen molar-refractivity contribution in [2.24, 2.45) is 5.73 Å². The van der Waals surface area contributed by atoms with E-state index in [0.29, 0.717) is 10.0 Å². The summed E-state index contributed by atoms with van der Waals surface area (Å²) in [4.78, 5) is 10.5. The highest BCUT2D eigenvalue weighted by Gasteiger charge is 2.16. The van der Waals surface area contributed by atoms with E-state index in [1.807, 2.05) is 0 Å². The van der Waals surface area contributed by atoms with Crippen LogP contribution in [0.15, 0.2) is 16.6 Å². The molecule has 0 heterocycles. The van der Waals surface area contributed by atoms with Crippen LogP contribution in [0.25, 0.3) is 0 Å². The van der Waals surface area contributed by atoms with Crippen LogP contribution in [0.2, 0.25) is 0 Å². The van der Waals surface area contributed by atoms with E-state index in [1.54, 1.807) is 6.92 Å². The third-order valence-corrected chi connectivity index (χ3v) is 2.75. The Labute approximate surface area is 88.9 Å². The molecule has 14 heavy (non-hydrogen) atoms. The minimum absolute atomic E-state index is 0.243. The Morgan fingerprint density at radius 3 is 2.64 bits per heavy atom. The monoisotopic (exact) mass is 261 g/mol. The second-order valence-corrected chi connectivity index (χ2v) is 3.78. The van der Waals surface area contributed by atoms with Gasteiger partial charge in [0.25, 0.3) is 0 Å². The predicted octanol–water partition coefficient (Wildman–Crippen LogP) is 1.98. The van der Waals surface area contributed by atoms with Crippen LogP contribution in [0.4, 0.5) is 4.39 Å². The summed E-state index contributed by atoms with van der Waals surface area (Å²) in [6.07, 6.45) is 0. The molecule has 3 nitrogen and oxygen atoms in total. The second-order valence-electron chi connectivity index (χ2n) is 2.93. The van der Waals surface area contributed by atoms with E-state index in [4.69, 9.17) is 10.8 Å². The van der Waals surface area contributed by atoms with E-state index >= 15 is 0 Å². The molecule has 0 spiro atoms. The third-order valence-electron chi connectivity index (χ3n) is 1.93. The zero-order valence-electron chi connectivity index (χ0n) is 7.42. The molecule has 1 aromatic rings. The molecule has 1 aromatic carbocycles. The summed E-state index contributed by atoms with van der Waals surface area (Å²) in [6.45, 7) is 1.59. The Balaban J connectivity index is 3.19. The van der Waals surface area contributed by atoms with Crippen molar-refractivity contribution in [2.75, 3.05) is 0 Å². The maximum atomic E-state index is 13.2. The van der Waals surface area contributed by atoms with Crippen molar-refractivity contribution in [2.45, 2.75) is 13.0 Å². The van der Waals surface area contributed by atoms with Gasteiger partial charge >= 0.3 is 5.97 Å². The molecule has 0 radical (unpaired) electrons. The van der Waals surface area contributed by atoms with Crippen molar-refractivity contribution in [3.05, 3.63) is 33.5 Å². The van der Waals surface area contributed by atoms with Gasteiger partial charge in [0.05, 0.1) is 0 Å². The highest BCUT2D eigenvalue weighted by molar-refractivity contribution is 9.10. The van der Waals surface area contributed by atoms with Gasteiger partial charge in [0.1, 0.15) is 11.9 Å². The zero-order chi connectivity index (χ0) is 10.9. The fourth-order valence-corrected chi connectivity index (χ4v) is 1.44. The summed E-state index contributed by atoms with van der Waals surface area (Å²) in [5, 5.41) is 8.62. The highest BCUT2D eigenvalue weighted by atomic mass is 79.9. The fourth-order valence-electron chi connectivity index (χ4n) is 0.987. The summed E-state index contributed by atoms with van der Waals surface area (Å²) in [5.74, 6) is -1.65. The van der Waals surface area contributed by atoms with Crippen LogP contribution < -0.4 is 5.73 Å². The van der Waals surface area contributed by atoms with Crippen molar-refractivity contribution >= 4 is 21.9 Å². The van der Waals surface area contributed by atoms with E-state index in [1.165, 1.54) is 6.07 Å². The molecule has 3 N–H and O–H groups in total. The largest absolute Gasteiger partial charge is 0.480 e. The molecule has 0 saturated carbocycles. The molecular weight excluding hydrogens is 253 g/mol. The molecule has 0 bridgehead atoms. The number of halogens is 2. The molecule has 1 atom stereocenters. The molecule has 0 saturated heterocycles. The molecule has 5 heteroatoms. The molecular formula is C9H9BrFNO2. The Hall–Kier alpha value is -0.940. The molecule has 0 aliphatic heterocycles. The number of carboxylic acids is 1. The lowest BCUT2D eigenvalue weighted by molar-refractivity contribution is -0.138. The van der Waals surface area contributed by atoms with Crippen molar-refractivity contribution in [1.29, 1.82) is 0 Å². The Bertz CT molecular complexity index is 358. The van der Waals surface area contributed by atoms with Gasteiger partial charge < -0.3 is 10.8 Å². The quantitative estimate of drug-likeness (QED) is 0.856. The van der Waals surface area contributed by atoms with Crippen LogP contribution in [0.1, 0.15) is 17.2 Å². The van der Waals surface area contributed by atoms with Crippen molar-refractivity contribution in [3.8, 4) is 0 Å². The molecule has 1 unspecified atom stereocenters. The number of aliphatic carboxylic acids is 1. The van der Waals surface area contributed by atoms with Crippen molar-refractivity contribution in [3.63, 3.8) is 0 Å². The van der Waals surface area contributed by atoms with E-state index in [2.05, 4.69) is 15.9 Å². The SMILES string of the molecule is Cc1c(F)cc(C(N)C(=O)O)cc1Br. The lowest BCUT2D eigenvalue weighted by Crippen LogP contribution is -2.20. The van der Waals surface area contributed by atoms with E-state index in [-0.39, 0.29) is 5.56 Å². The zero-order valence-corrected chi connectivity index (χ0v) is 9.01. The van der Waals surface area contributed by atoms with Gasteiger partial charge in [-0.2, -0.15) is 0 Å². The second kappa shape index (κ2) is 4.06. The Kier molecular flexibility index (Phi) is 3.23. The minimum atomic E-state index is -1.19. The lowest BCUT2D eigenvalue weighted by Gasteiger charge is -2.09.